The van der Waals surface area contributed by atoms with Crippen LogP contribution in [0.15, 0.2) is 29.2 Å². The van der Waals surface area contributed by atoms with Crippen molar-refractivity contribution in [3.05, 3.63) is 41.2 Å². The minimum Gasteiger partial charge on any atom is -0.444 e. The molecule has 5 heteroatoms. The Morgan fingerprint density at radius 2 is 1.83 bits per heavy atom. The molecule has 0 saturated carbocycles. The number of rotatable bonds is 2. The summed E-state index contributed by atoms with van der Waals surface area (Å²) >= 11 is 1.69. The van der Waals surface area contributed by atoms with Gasteiger partial charge in [0.1, 0.15) is 5.60 Å². The van der Waals surface area contributed by atoms with Crippen LogP contribution in [0.2, 0.25) is 0 Å². The second-order valence-corrected chi connectivity index (χ2v) is 7.72. The highest BCUT2D eigenvalue weighted by Crippen LogP contribution is 2.38. The SMILES string of the molecule is [C-]#[N+]C1(c2ccc(SC)cc2)CCN(C(=O)OC(C)(C)C)CC1. The van der Waals surface area contributed by atoms with Gasteiger partial charge in [0.2, 0.25) is 0 Å². The second kappa shape index (κ2) is 6.84. The van der Waals surface area contributed by atoms with Crippen molar-refractivity contribution in [3.63, 3.8) is 0 Å². The van der Waals surface area contributed by atoms with Gasteiger partial charge in [-0.1, -0.05) is 0 Å². The lowest BCUT2D eigenvalue weighted by Gasteiger charge is -2.35. The lowest BCUT2D eigenvalue weighted by atomic mass is 9.82. The van der Waals surface area contributed by atoms with Gasteiger partial charge in [0.25, 0.3) is 5.54 Å². The molecule has 1 aliphatic rings. The number of thioether (sulfide) groups is 1. The smallest absolute Gasteiger partial charge is 0.410 e. The Morgan fingerprint density at radius 3 is 2.26 bits per heavy atom. The number of carbonyl (C=O) groups is 1. The molecule has 1 fully saturated rings. The summed E-state index contributed by atoms with van der Waals surface area (Å²) in [6, 6.07) is 8.22. The summed E-state index contributed by atoms with van der Waals surface area (Å²) in [5, 5.41) is 0. The van der Waals surface area contributed by atoms with Crippen LogP contribution in [0.1, 0.15) is 39.2 Å². The molecule has 23 heavy (non-hydrogen) atoms. The van der Waals surface area contributed by atoms with Crippen LogP contribution in [0.3, 0.4) is 0 Å². The fourth-order valence-corrected chi connectivity index (χ4v) is 3.16. The molecule has 0 unspecified atom stereocenters. The first-order valence-corrected chi connectivity index (χ1v) is 9.03. The van der Waals surface area contributed by atoms with E-state index in [9.17, 15) is 4.79 Å². The summed E-state index contributed by atoms with van der Waals surface area (Å²) in [6.45, 7) is 14.4. The van der Waals surface area contributed by atoms with E-state index < -0.39 is 11.1 Å². The van der Waals surface area contributed by atoms with Gasteiger partial charge >= 0.3 is 6.09 Å². The predicted molar refractivity (Wildman–Crippen MR) is 93.5 cm³/mol. The van der Waals surface area contributed by atoms with Crippen LogP contribution in [0.25, 0.3) is 4.85 Å². The maximum atomic E-state index is 12.2. The van der Waals surface area contributed by atoms with Crippen LogP contribution in [0.5, 0.6) is 0 Å². The van der Waals surface area contributed by atoms with E-state index in [1.165, 1.54) is 4.90 Å². The third kappa shape index (κ3) is 4.20. The number of benzene rings is 1. The Balaban J connectivity index is 2.07. The first-order valence-electron chi connectivity index (χ1n) is 7.81. The van der Waals surface area contributed by atoms with Gasteiger partial charge in [0, 0.05) is 36.4 Å². The molecule has 1 aromatic rings. The maximum Gasteiger partial charge on any atom is 0.410 e. The van der Waals surface area contributed by atoms with Gasteiger partial charge in [-0.3, -0.25) is 0 Å². The first-order chi connectivity index (χ1) is 10.8. The molecular weight excluding hydrogens is 308 g/mol. The summed E-state index contributed by atoms with van der Waals surface area (Å²) in [6.07, 6.45) is 3.05. The van der Waals surface area contributed by atoms with Crippen LogP contribution in [-0.2, 0) is 10.3 Å². The summed E-state index contributed by atoms with van der Waals surface area (Å²) < 4.78 is 5.42. The molecule has 0 N–H and O–H groups in total. The monoisotopic (exact) mass is 332 g/mol. The summed E-state index contributed by atoms with van der Waals surface area (Å²) in [7, 11) is 0. The highest BCUT2D eigenvalue weighted by Gasteiger charge is 2.43. The molecule has 4 nitrogen and oxygen atoms in total. The van der Waals surface area contributed by atoms with Crippen molar-refractivity contribution in [1.82, 2.24) is 4.90 Å². The fraction of sp³-hybridized carbons (Fsp3) is 0.556. The van der Waals surface area contributed by atoms with E-state index in [-0.39, 0.29) is 6.09 Å². The van der Waals surface area contributed by atoms with Gasteiger partial charge < -0.3 is 14.5 Å². The van der Waals surface area contributed by atoms with Crippen molar-refractivity contribution in [3.8, 4) is 0 Å². The third-order valence-electron chi connectivity index (χ3n) is 4.08. The van der Waals surface area contributed by atoms with Crippen LogP contribution < -0.4 is 0 Å². The van der Waals surface area contributed by atoms with E-state index in [0.29, 0.717) is 25.9 Å². The normalized spacial score (nSPS) is 17.4. The van der Waals surface area contributed by atoms with E-state index in [1.807, 2.05) is 39.2 Å². The van der Waals surface area contributed by atoms with E-state index >= 15 is 0 Å². The Morgan fingerprint density at radius 1 is 1.26 bits per heavy atom. The number of nitrogens with zero attached hydrogens (tertiary/aromatic N) is 2. The zero-order chi connectivity index (χ0) is 17.1. The average molecular weight is 332 g/mol. The maximum absolute atomic E-state index is 12.2. The first kappa shape index (κ1) is 17.7. The number of ether oxygens (including phenoxy) is 1. The molecule has 1 amide bonds. The number of likely N-dealkylation sites (tertiary alicyclic amines) is 1. The molecule has 0 bridgehead atoms. The number of carbonyl (C=O) groups excluding carboxylic acids is 1. The Hall–Kier alpha value is -1.67. The number of hydrogen-bond acceptors (Lipinski definition) is 3. The molecule has 1 aliphatic heterocycles. The Kier molecular flexibility index (Phi) is 5.26. The van der Waals surface area contributed by atoms with Gasteiger partial charge in [-0.15, -0.1) is 11.8 Å². The van der Waals surface area contributed by atoms with Crippen molar-refractivity contribution in [2.75, 3.05) is 19.3 Å². The van der Waals surface area contributed by atoms with E-state index in [4.69, 9.17) is 11.3 Å². The van der Waals surface area contributed by atoms with Crippen molar-refractivity contribution < 1.29 is 9.53 Å². The molecular formula is C18H24N2O2S. The quantitative estimate of drug-likeness (QED) is 0.588. The topological polar surface area (TPSA) is 33.9 Å². The molecule has 0 radical (unpaired) electrons. The molecule has 2 rings (SSSR count). The Bertz CT molecular complexity index is 591. The lowest BCUT2D eigenvalue weighted by molar-refractivity contribution is 0.0182. The molecule has 0 aliphatic carbocycles. The summed E-state index contributed by atoms with van der Waals surface area (Å²) in [5.74, 6) is 0. The van der Waals surface area contributed by atoms with E-state index in [2.05, 4.69) is 17.0 Å². The van der Waals surface area contributed by atoms with E-state index in [1.54, 1.807) is 16.7 Å². The zero-order valence-electron chi connectivity index (χ0n) is 14.3. The molecule has 0 spiro atoms. The summed E-state index contributed by atoms with van der Waals surface area (Å²) in [5.41, 5.74) is 0.0447. The molecule has 124 valence electrons. The minimum absolute atomic E-state index is 0.284. The number of hydrogen-bond donors (Lipinski definition) is 0. The zero-order valence-corrected chi connectivity index (χ0v) is 15.1. The van der Waals surface area contributed by atoms with E-state index in [0.717, 1.165) is 5.56 Å². The number of piperidine rings is 1. The fourth-order valence-electron chi connectivity index (χ4n) is 2.75. The molecule has 1 heterocycles. The van der Waals surface area contributed by atoms with Crippen LogP contribution >= 0.6 is 11.8 Å². The van der Waals surface area contributed by atoms with Gasteiger partial charge in [-0.25, -0.2) is 11.4 Å². The second-order valence-electron chi connectivity index (χ2n) is 6.84. The van der Waals surface area contributed by atoms with Crippen LogP contribution in [-0.4, -0.2) is 35.9 Å². The molecule has 0 aromatic heterocycles. The van der Waals surface area contributed by atoms with Crippen LogP contribution in [0.4, 0.5) is 4.79 Å². The van der Waals surface area contributed by atoms with Crippen LogP contribution in [0, 0.1) is 6.57 Å². The summed E-state index contributed by atoms with van der Waals surface area (Å²) in [4.78, 5) is 19.0. The molecule has 0 atom stereocenters. The number of amides is 1. The van der Waals surface area contributed by atoms with Crippen molar-refractivity contribution in [2.24, 2.45) is 0 Å². The largest absolute Gasteiger partial charge is 0.444 e. The highest BCUT2D eigenvalue weighted by atomic mass is 32.2. The van der Waals surface area contributed by atoms with Crippen molar-refractivity contribution in [1.29, 1.82) is 0 Å². The molecule has 1 saturated heterocycles. The van der Waals surface area contributed by atoms with Gasteiger partial charge in [-0.2, -0.15) is 0 Å². The van der Waals surface area contributed by atoms with Gasteiger partial charge in [0.15, 0.2) is 0 Å². The van der Waals surface area contributed by atoms with Crippen molar-refractivity contribution >= 4 is 17.9 Å². The standard InChI is InChI=1S/C18H24N2O2S/c1-17(2,3)22-16(21)20-12-10-18(19-4,11-13-20)14-6-8-15(23-5)9-7-14/h6-9H,10-13H2,1-3,5H3. The average Bonchev–Trinajstić information content (AvgIpc) is 2.53. The minimum atomic E-state index is -0.518. The highest BCUT2D eigenvalue weighted by molar-refractivity contribution is 7.98. The lowest BCUT2D eigenvalue weighted by Crippen LogP contribution is -2.45. The predicted octanol–water partition coefficient (Wildman–Crippen LogP) is 4.55. The van der Waals surface area contributed by atoms with Crippen molar-refractivity contribution in [2.45, 2.75) is 49.6 Å². The molecule has 1 aromatic carbocycles. The third-order valence-corrected chi connectivity index (χ3v) is 4.83. The van der Waals surface area contributed by atoms with Gasteiger partial charge in [0.05, 0.1) is 0 Å². The van der Waals surface area contributed by atoms with Gasteiger partial charge in [-0.05, 0) is 51.3 Å². The Labute approximate surface area is 143 Å².